The van der Waals surface area contributed by atoms with E-state index in [-0.39, 0.29) is 74.1 Å². The number of likely N-dealkylation sites (N-methyl/N-ethyl adjacent to an activating group) is 4. The molecule has 6 fully saturated rings. The third kappa shape index (κ3) is 20.6. The van der Waals surface area contributed by atoms with Gasteiger partial charge in [0.15, 0.2) is 0 Å². The number of piperazine rings is 3. The molecule has 3 amide bonds. The first-order valence-corrected chi connectivity index (χ1v) is 45.0. The van der Waals surface area contributed by atoms with Crippen LogP contribution in [-0.4, -0.2) is 304 Å². The van der Waals surface area contributed by atoms with Gasteiger partial charge in [0, 0.05) is 161 Å². The lowest BCUT2D eigenvalue weighted by atomic mass is 10.0. The molecule has 6 saturated heterocycles. The molecule has 9 aliphatic heterocycles. The lowest BCUT2D eigenvalue weighted by molar-refractivity contribution is -0.129. The number of halogens is 1. The minimum absolute atomic E-state index is 0.0343. The van der Waals surface area contributed by atoms with E-state index < -0.39 is 6.17 Å². The van der Waals surface area contributed by atoms with E-state index in [0.717, 1.165) is 122 Å². The van der Waals surface area contributed by atoms with E-state index in [2.05, 4.69) is 199 Å². The van der Waals surface area contributed by atoms with Gasteiger partial charge >= 0.3 is 18.0 Å². The lowest BCUT2D eigenvalue weighted by Crippen LogP contribution is -2.56. The van der Waals surface area contributed by atoms with Crippen LogP contribution in [0, 0.1) is 39.5 Å². The monoisotopic (exact) mass is 1720 g/mol. The van der Waals surface area contributed by atoms with Crippen LogP contribution in [0.5, 0.6) is 18.0 Å². The molecule has 0 spiro atoms. The van der Waals surface area contributed by atoms with E-state index in [1.54, 1.807) is 15.9 Å². The molecule has 127 heavy (non-hydrogen) atoms. The number of aryl methyl sites for hydroxylation is 1. The SMILES string of the molecule is [C-]#[N+]CC1CN(C(=O)C=C)CCN1c1nc(OC[C@@H]2CCCN2C)nc2c1CCN(c1cccc3ccccc13)C2.[C-]#[N+]C[C@H]1CN(c2nc(OC[C@@H]3C[C@@H](C)CN3C)nc3c2CCN(c2cccc(C)c2C)C3)CCN1C(=O)/C=C/CN(C)C.[C-]#[N+]C[C@H]1CN(c2nc(OC[C@@H]3[C@H](F)CCN3C)nc3c2CCN(c2cccc4ccccc24)C3)CCN1C(=O)C=C. The summed E-state index contributed by atoms with van der Waals surface area (Å²) in [5, 5.41) is 4.83. The Morgan fingerprint density at radius 3 is 1.50 bits per heavy atom. The largest absolute Gasteiger partial charge is 0.462 e. The summed E-state index contributed by atoms with van der Waals surface area (Å²) in [5.74, 6) is 2.88. The average Bonchev–Trinajstić information content (AvgIpc) is 1.35. The van der Waals surface area contributed by atoms with Crippen molar-refractivity contribution in [3.05, 3.63) is 220 Å². The Kier molecular flexibility index (Phi) is 29.1. The molecular formula is C98H121FN22O6. The van der Waals surface area contributed by atoms with Gasteiger partial charge in [0.25, 0.3) is 0 Å². The van der Waals surface area contributed by atoms with Gasteiger partial charge in [-0.2, -0.15) is 29.9 Å². The van der Waals surface area contributed by atoms with Gasteiger partial charge in [-0.05, 0) is 159 Å². The minimum Gasteiger partial charge on any atom is -0.462 e. The number of aromatic nitrogens is 6. The molecule has 0 aliphatic carbocycles. The zero-order valence-electron chi connectivity index (χ0n) is 75.0. The normalized spacial score (nSPS) is 22.1. The van der Waals surface area contributed by atoms with E-state index in [1.807, 2.05) is 48.0 Å². The number of carbonyl (C=O) groups is 3. The van der Waals surface area contributed by atoms with E-state index in [0.29, 0.717) is 141 Å². The smallest absolute Gasteiger partial charge is 0.318 e. The number of hydrogen-bond donors (Lipinski definition) is 0. The second-order valence-electron chi connectivity index (χ2n) is 35.5. The molecule has 9 aliphatic rings. The minimum atomic E-state index is -0.946. The van der Waals surface area contributed by atoms with Crippen LogP contribution < -0.4 is 43.6 Å². The number of likely N-dealkylation sites (tertiary alicyclic amines) is 3. The Labute approximate surface area is 747 Å². The van der Waals surface area contributed by atoms with E-state index in [1.165, 1.54) is 62.6 Å². The summed E-state index contributed by atoms with van der Waals surface area (Å²) in [6, 6.07) is 36.9. The first-order valence-electron chi connectivity index (χ1n) is 45.0. The summed E-state index contributed by atoms with van der Waals surface area (Å²) in [6.07, 6.45) is 11.5. The molecule has 8 aromatic rings. The molecular weight excluding hydrogens is 1600 g/mol. The number of alkyl halides is 1. The second kappa shape index (κ2) is 41.1. The maximum atomic E-state index is 14.6. The van der Waals surface area contributed by atoms with Crippen molar-refractivity contribution < 1.29 is 33.0 Å². The highest BCUT2D eigenvalue weighted by Crippen LogP contribution is 2.40. The molecule has 0 radical (unpaired) electrons. The maximum absolute atomic E-state index is 14.6. The third-order valence-corrected chi connectivity index (χ3v) is 26.9. The van der Waals surface area contributed by atoms with Crippen molar-refractivity contribution >= 4 is 73.8 Å². The summed E-state index contributed by atoms with van der Waals surface area (Å²) >= 11 is 0. The zero-order valence-corrected chi connectivity index (χ0v) is 75.0. The van der Waals surface area contributed by atoms with Crippen LogP contribution in [0.25, 0.3) is 36.1 Å². The number of hydrogen-bond acceptors (Lipinski definition) is 22. The van der Waals surface area contributed by atoms with Crippen LogP contribution in [0.4, 0.5) is 38.9 Å². The number of amides is 3. The summed E-state index contributed by atoms with van der Waals surface area (Å²) in [5.41, 5.74) is 12.4. The first-order chi connectivity index (χ1) is 61.6. The highest BCUT2D eigenvalue weighted by atomic mass is 19.1. The summed E-state index contributed by atoms with van der Waals surface area (Å²) in [4.78, 5) is 107. The van der Waals surface area contributed by atoms with Crippen LogP contribution >= 0.6 is 0 Å². The van der Waals surface area contributed by atoms with E-state index >= 15 is 0 Å². The predicted molar refractivity (Wildman–Crippen MR) is 498 cm³/mol. The highest BCUT2D eigenvalue weighted by molar-refractivity contribution is 5.96. The van der Waals surface area contributed by atoms with Crippen LogP contribution in [0.15, 0.2) is 141 Å². The van der Waals surface area contributed by atoms with Gasteiger partial charge in [-0.25, -0.2) is 24.1 Å². The summed E-state index contributed by atoms with van der Waals surface area (Å²) in [7, 11) is 10.2. The lowest BCUT2D eigenvalue weighted by Gasteiger charge is -2.41. The number of benzene rings is 5. The van der Waals surface area contributed by atoms with Gasteiger partial charge in [-0.15, -0.1) is 0 Å². The zero-order chi connectivity index (χ0) is 88.9. The van der Waals surface area contributed by atoms with Crippen molar-refractivity contribution in [3.63, 3.8) is 0 Å². The van der Waals surface area contributed by atoms with Crippen molar-refractivity contribution in [2.75, 3.05) is 209 Å². The fourth-order valence-electron chi connectivity index (χ4n) is 19.7. The molecule has 5 aromatic carbocycles. The highest BCUT2D eigenvalue weighted by Gasteiger charge is 2.41. The second-order valence-corrected chi connectivity index (χ2v) is 35.5. The molecule has 0 bridgehead atoms. The Morgan fingerprint density at radius 1 is 0.496 bits per heavy atom. The molecule has 17 rings (SSSR count). The predicted octanol–water partition coefficient (Wildman–Crippen LogP) is 11.0. The summed E-state index contributed by atoms with van der Waals surface area (Å²) < 4.78 is 33.3. The van der Waals surface area contributed by atoms with Crippen LogP contribution in [0.3, 0.4) is 0 Å². The maximum Gasteiger partial charge on any atom is 0.318 e. The van der Waals surface area contributed by atoms with Crippen molar-refractivity contribution in [1.82, 2.24) is 64.2 Å². The molecule has 12 heterocycles. The van der Waals surface area contributed by atoms with Gasteiger partial charge < -0.3 is 82.6 Å². The molecule has 8 atom stereocenters. The molecule has 0 N–H and O–H groups in total. The van der Waals surface area contributed by atoms with Gasteiger partial charge in [0.05, 0.1) is 42.8 Å². The fourth-order valence-corrected chi connectivity index (χ4v) is 19.7. The number of fused-ring (bicyclic) bond motifs is 5. The van der Waals surface area contributed by atoms with E-state index in [4.69, 9.17) is 63.8 Å². The van der Waals surface area contributed by atoms with Crippen molar-refractivity contribution in [3.8, 4) is 18.0 Å². The fraction of sp³-hybridized carbons (Fsp3) is 0.490. The topological polar surface area (TPSA) is 211 Å². The van der Waals surface area contributed by atoms with E-state index in [9.17, 15) is 18.8 Å². The summed E-state index contributed by atoms with van der Waals surface area (Å²) in [6.45, 7) is 51.5. The molecule has 666 valence electrons. The quantitative estimate of drug-likeness (QED) is 0.0430. The number of ether oxygens (including phenoxy) is 3. The number of nitrogens with zero attached hydrogens (tertiary/aromatic N) is 22. The van der Waals surface area contributed by atoms with Crippen molar-refractivity contribution in [2.24, 2.45) is 5.92 Å². The first kappa shape index (κ1) is 89.7. The molecule has 1 unspecified atom stereocenters. The number of anilines is 6. The third-order valence-electron chi connectivity index (χ3n) is 26.9. The van der Waals surface area contributed by atoms with Gasteiger partial charge in [0.2, 0.25) is 37.4 Å². The van der Waals surface area contributed by atoms with Gasteiger partial charge in [-0.1, -0.05) is 111 Å². The molecule has 28 nitrogen and oxygen atoms in total. The van der Waals surface area contributed by atoms with Crippen LogP contribution in [0.2, 0.25) is 0 Å². The van der Waals surface area contributed by atoms with Gasteiger partial charge in [0.1, 0.15) is 61.6 Å². The van der Waals surface area contributed by atoms with Crippen molar-refractivity contribution in [2.45, 2.75) is 128 Å². The number of rotatable bonds is 23. The standard InChI is InChI=1S/C34H48N8O2.C32H36FN7O2.C32H37N7O2/c1-24-18-27(39(7)20-24)23-44-34-36-30-22-40(31-11-8-10-25(2)26(31)3)15-13-29(30)33(37-34)41-16-17-42(28(21-41)19-35-4)32(43)12-9-14-38(5)6;1-4-30(41)40-17-16-39(19-23(40)18-34-2)31-25-12-15-38(28-11-7-9-22-8-5-6-10-24(22)28)20-27(25)35-32(36-31)42-21-29-26(33)13-14-37(29)3;1-4-30(40)38-17-18-39(25(20-38)19-33-2)31-27-14-16-37(29-13-7-10-23-9-5-6-12-26(23)29)21-28(27)34-32(35-31)41-22-24-11-8-15-36(24)3/h8-12,24,27-28H,13-23H2,1-3,5-7H3;4-11,23,26,29H,1,12-21H2,3H3;4-7,9-10,12-13,24-25H,1,8,11,14-22H2,3H3/b12-9+;;/t24-,27+,28+;23-,26+,29+;24-,25?/m100/s1. The Balaban J connectivity index is 0.000000147. The molecule has 29 heteroatoms. The number of carbonyl (C=O) groups excluding carboxylic acids is 3. The Morgan fingerprint density at radius 2 is 0.992 bits per heavy atom. The van der Waals surface area contributed by atoms with Crippen LogP contribution in [0.1, 0.15) is 77.5 Å². The molecule has 0 saturated carbocycles. The van der Waals surface area contributed by atoms with Crippen molar-refractivity contribution in [1.29, 1.82) is 0 Å². The Hall–Kier alpha value is -12.1. The van der Waals surface area contributed by atoms with Gasteiger partial charge in [-0.3, -0.25) is 24.2 Å². The van der Waals surface area contributed by atoms with Crippen LogP contribution in [-0.2, 0) is 53.3 Å². The molecule has 3 aromatic heterocycles. The Bertz CT molecular complexity index is 5440. The average molecular weight is 1720 g/mol.